The molecule has 6 heteroatoms. The molecule has 0 aliphatic heterocycles. The van der Waals surface area contributed by atoms with Gasteiger partial charge in [-0.1, -0.05) is 12.1 Å². The average molecular weight is 300 g/mol. The molecule has 0 saturated carbocycles. The van der Waals surface area contributed by atoms with E-state index in [1.807, 2.05) is 20.8 Å². The van der Waals surface area contributed by atoms with E-state index in [4.69, 9.17) is 0 Å². The lowest BCUT2D eigenvalue weighted by molar-refractivity contribution is -0.122. The second-order valence-electron chi connectivity index (χ2n) is 5.75. The van der Waals surface area contributed by atoms with Gasteiger partial charge >= 0.3 is 6.61 Å². The Morgan fingerprint density at radius 2 is 1.86 bits per heavy atom. The van der Waals surface area contributed by atoms with Crippen molar-refractivity contribution in [1.29, 1.82) is 0 Å². The lowest BCUT2D eigenvalue weighted by Gasteiger charge is -2.20. The number of amides is 1. The van der Waals surface area contributed by atoms with Crippen LogP contribution in [0, 0.1) is 0 Å². The number of hydrogen-bond donors (Lipinski definition) is 2. The molecular formula is C15H22F2N2O2. The van der Waals surface area contributed by atoms with Crippen LogP contribution in [0.2, 0.25) is 0 Å². The molecule has 0 bridgehead atoms. The van der Waals surface area contributed by atoms with Gasteiger partial charge in [0.15, 0.2) is 0 Å². The molecular weight excluding hydrogens is 278 g/mol. The molecule has 0 radical (unpaired) electrons. The van der Waals surface area contributed by atoms with E-state index in [1.165, 1.54) is 12.1 Å². The van der Waals surface area contributed by atoms with Gasteiger partial charge in [-0.2, -0.15) is 8.78 Å². The topological polar surface area (TPSA) is 50.4 Å². The van der Waals surface area contributed by atoms with E-state index >= 15 is 0 Å². The van der Waals surface area contributed by atoms with Crippen molar-refractivity contribution in [2.24, 2.45) is 0 Å². The van der Waals surface area contributed by atoms with Gasteiger partial charge in [0.1, 0.15) is 5.75 Å². The first-order valence-corrected chi connectivity index (χ1v) is 6.82. The van der Waals surface area contributed by atoms with E-state index in [-0.39, 0.29) is 17.2 Å². The largest absolute Gasteiger partial charge is 0.435 e. The normalized spacial score (nSPS) is 11.5. The van der Waals surface area contributed by atoms with Gasteiger partial charge in [0.2, 0.25) is 5.91 Å². The quantitative estimate of drug-likeness (QED) is 0.761. The Hall–Kier alpha value is -1.69. The van der Waals surface area contributed by atoms with Crippen molar-refractivity contribution in [1.82, 2.24) is 10.6 Å². The SMILES string of the molecule is CC(C)(C)NC(=O)CCNCc1ccc(OC(F)F)cc1. The van der Waals surface area contributed by atoms with Gasteiger partial charge in [-0.25, -0.2) is 0 Å². The monoisotopic (exact) mass is 300 g/mol. The number of nitrogens with one attached hydrogen (secondary N) is 2. The van der Waals surface area contributed by atoms with Crippen LogP contribution in [0.25, 0.3) is 0 Å². The van der Waals surface area contributed by atoms with E-state index in [0.717, 1.165) is 5.56 Å². The Kier molecular flexibility index (Phi) is 6.55. The molecule has 118 valence electrons. The Morgan fingerprint density at radius 1 is 1.24 bits per heavy atom. The third kappa shape index (κ3) is 8.24. The molecule has 4 nitrogen and oxygen atoms in total. The molecule has 0 aliphatic rings. The first kappa shape index (κ1) is 17.4. The number of hydrogen-bond acceptors (Lipinski definition) is 3. The summed E-state index contributed by atoms with van der Waals surface area (Å²) in [4.78, 5) is 11.6. The van der Waals surface area contributed by atoms with Crippen molar-refractivity contribution < 1.29 is 18.3 Å². The summed E-state index contributed by atoms with van der Waals surface area (Å²) in [7, 11) is 0. The minimum atomic E-state index is -2.81. The third-order valence-corrected chi connectivity index (χ3v) is 2.52. The van der Waals surface area contributed by atoms with Gasteiger partial charge in [-0.05, 0) is 38.5 Å². The van der Waals surface area contributed by atoms with Crippen molar-refractivity contribution in [3.05, 3.63) is 29.8 Å². The van der Waals surface area contributed by atoms with Crippen LogP contribution in [-0.4, -0.2) is 24.6 Å². The summed E-state index contributed by atoms with van der Waals surface area (Å²) < 4.78 is 28.2. The Morgan fingerprint density at radius 3 is 2.38 bits per heavy atom. The van der Waals surface area contributed by atoms with Crippen molar-refractivity contribution in [3.63, 3.8) is 0 Å². The molecule has 1 rings (SSSR count). The summed E-state index contributed by atoms with van der Waals surface area (Å²) in [6.45, 7) is 4.11. The molecule has 1 aromatic carbocycles. The predicted molar refractivity (Wildman–Crippen MR) is 77.3 cm³/mol. The maximum Gasteiger partial charge on any atom is 0.387 e. The fraction of sp³-hybridized carbons (Fsp3) is 0.533. The number of alkyl halides is 2. The lowest BCUT2D eigenvalue weighted by Crippen LogP contribution is -2.41. The summed E-state index contributed by atoms with van der Waals surface area (Å²) in [5, 5.41) is 6.01. The van der Waals surface area contributed by atoms with Gasteiger partial charge in [0, 0.05) is 25.0 Å². The van der Waals surface area contributed by atoms with Crippen molar-refractivity contribution in [2.75, 3.05) is 6.54 Å². The number of carbonyl (C=O) groups excluding carboxylic acids is 1. The molecule has 0 heterocycles. The summed E-state index contributed by atoms with van der Waals surface area (Å²) in [5.41, 5.74) is 0.713. The van der Waals surface area contributed by atoms with Crippen LogP contribution in [0.1, 0.15) is 32.8 Å². The summed E-state index contributed by atoms with van der Waals surface area (Å²) in [6, 6.07) is 6.41. The van der Waals surface area contributed by atoms with Crippen LogP contribution in [0.5, 0.6) is 5.75 Å². The van der Waals surface area contributed by atoms with Crippen molar-refractivity contribution in [3.8, 4) is 5.75 Å². The first-order chi connectivity index (χ1) is 9.76. The zero-order valence-corrected chi connectivity index (χ0v) is 12.6. The fourth-order valence-electron chi connectivity index (χ4n) is 1.70. The van der Waals surface area contributed by atoms with E-state index in [9.17, 15) is 13.6 Å². The van der Waals surface area contributed by atoms with Gasteiger partial charge in [-0.3, -0.25) is 4.79 Å². The fourth-order valence-corrected chi connectivity index (χ4v) is 1.70. The van der Waals surface area contributed by atoms with E-state index in [1.54, 1.807) is 12.1 Å². The minimum Gasteiger partial charge on any atom is -0.435 e. The number of carbonyl (C=O) groups is 1. The van der Waals surface area contributed by atoms with Crippen LogP contribution in [-0.2, 0) is 11.3 Å². The Bertz CT molecular complexity index is 442. The van der Waals surface area contributed by atoms with Crippen LogP contribution in [0.4, 0.5) is 8.78 Å². The highest BCUT2D eigenvalue weighted by atomic mass is 19.3. The second kappa shape index (κ2) is 7.93. The van der Waals surface area contributed by atoms with E-state index in [2.05, 4.69) is 15.4 Å². The van der Waals surface area contributed by atoms with Crippen LogP contribution >= 0.6 is 0 Å². The number of benzene rings is 1. The maximum absolute atomic E-state index is 12.0. The molecule has 0 saturated heterocycles. The van der Waals surface area contributed by atoms with E-state index < -0.39 is 6.61 Å². The average Bonchev–Trinajstić information content (AvgIpc) is 2.34. The standard InChI is InChI=1S/C15H22F2N2O2/c1-15(2,3)19-13(20)8-9-18-10-11-4-6-12(7-5-11)21-14(16)17/h4-7,14,18H,8-10H2,1-3H3,(H,19,20). The Balaban J connectivity index is 2.25. The lowest BCUT2D eigenvalue weighted by atomic mass is 10.1. The molecule has 1 amide bonds. The van der Waals surface area contributed by atoms with Gasteiger partial charge < -0.3 is 15.4 Å². The zero-order chi connectivity index (χ0) is 15.9. The van der Waals surface area contributed by atoms with Crippen molar-refractivity contribution in [2.45, 2.75) is 45.9 Å². The molecule has 21 heavy (non-hydrogen) atoms. The van der Waals surface area contributed by atoms with Gasteiger partial charge in [0.25, 0.3) is 0 Å². The molecule has 0 aromatic heterocycles. The van der Waals surface area contributed by atoms with Crippen LogP contribution < -0.4 is 15.4 Å². The number of rotatable bonds is 7. The number of halogens is 2. The van der Waals surface area contributed by atoms with Gasteiger partial charge in [-0.15, -0.1) is 0 Å². The summed E-state index contributed by atoms with van der Waals surface area (Å²) in [6.07, 6.45) is 0.393. The maximum atomic E-state index is 12.0. The summed E-state index contributed by atoms with van der Waals surface area (Å²) in [5.74, 6) is 0.133. The number of ether oxygens (including phenoxy) is 1. The molecule has 0 unspecified atom stereocenters. The molecule has 0 spiro atoms. The first-order valence-electron chi connectivity index (χ1n) is 6.82. The molecule has 1 aromatic rings. The molecule has 2 N–H and O–H groups in total. The summed E-state index contributed by atoms with van der Waals surface area (Å²) >= 11 is 0. The third-order valence-electron chi connectivity index (χ3n) is 2.52. The Labute approximate surface area is 123 Å². The van der Waals surface area contributed by atoms with Crippen LogP contribution in [0.15, 0.2) is 24.3 Å². The van der Waals surface area contributed by atoms with E-state index in [0.29, 0.717) is 19.5 Å². The molecule has 0 atom stereocenters. The van der Waals surface area contributed by atoms with Gasteiger partial charge in [0.05, 0.1) is 0 Å². The molecule has 0 fully saturated rings. The van der Waals surface area contributed by atoms with Crippen molar-refractivity contribution >= 4 is 5.91 Å². The van der Waals surface area contributed by atoms with Crippen LogP contribution in [0.3, 0.4) is 0 Å². The highest BCUT2D eigenvalue weighted by Gasteiger charge is 2.12. The zero-order valence-electron chi connectivity index (χ0n) is 12.6. The smallest absolute Gasteiger partial charge is 0.387 e. The highest BCUT2D eigenvalue weighted by Crippen LogP contribution is 2.14. The second-order valence-corrected chi connectivity index (χ2v) is 5.75. The minimum absolute atomic E-state index is 0.00400. The highest BCUT2D eigenvalue weighted by molar-refractivity contribution is 5.76. The molecule has 0 aliphatic carbocycles. The predicted octanol–water partition coefficient (Wildman–Crippen LogP) is 2.68.